The first-order valence-corrected chi connectivity index (χ1v) is 6.58. The molecule has 3 heteroatoms. The van der Waals surface area contributed by atoms with Gasteiger partial charge in [0.1, 0.15) is 17.3 Å². The summed E-state index contributed by atoms with van der Waals surface area (Å²) >= 11 is 6.07. The van der Waals surface area contributed by atoms with Crippen LogP contribution in [0.5, 0.6) is 11.5 Å². The topological polar surface area (TPSA) is 26.3 Å². The fraction of sp³-hybridized carbons (Fsp3) is 0.188. The Balaban J connectivity index is 2.16. The van der Waals surface area contributed by atoms with Gasteiger partial charge in [-0.1, -0.05) is 29.8 Å². The summed E-state index contributed by atoms with van der Waals surface area (Å²) in [5.41, 5.74) is 2.04. The second kappa shape index (κ2) is 4.71. The van der Waals surface area contributed by atoms with Gasteiger partial charge in [-0.15, -0.1) is 0 Å². The average molecular weight is 273 g/mol. The van der Waals surface area contributed by atoms with Crippen LogP contribution in [0.15, 0.2) is 42.5 Å². The Bertz CT molecular complexity index is 649. The maximum absolute atomic E-state index is 11.5. The third-order valence-corrected chi connectivity index (χ3v) is 3.59. The molecule has 1 aliphatic rings. The van der Waals surface area contributed by atoms with Crippen LogP contribution in [0, 0.1) is 0 Å². The number of carbonyl (C=O) groups is 1. The number of halogens is 1. The summed E-state index contributed by atoms with van der Waals surface area (Å²) in [5, 5.41) is 0.662. The van der Waals surface area contributed by atoms with Gasteiger partial charge in [-0.05, 0) is 31.2 Å². The van der Waals surface area contributed by atoms with Gasteiger partial charge in [-0.2, -0.15) is 0 Å². The highest BCUT2D eigenvalue weighted by atomic mass is 35.5. The Hall–Kier alpha value is -1.80. The molecule has 1 unspecified atom stereocenters. The van der Waals surface area contributed by atoms with E-state index in [1.165, 1.54) is 0 Å². The SMILES string of the molecule is CC(=O)CC1c2ccccc2Oc2ccc(Cl)cc21. The summed E-state index contributed by atoms with van der Waals surface area (Å²) in [7, 11) is 0. The van der Waals surface area contributed by atoms with Crippen LogP contribution in [0.25, 0.3) is 0 Å². The molecule has 0 aromatic heterocycles. The smallest absolute Gasteiger partial charge is 0.131 e. The summed E-state index contributed by atoms with van der Waals surface area (Å²) in [6.07, 6.45) is 0.466. The highest BCUT2D eigenvalue weighted by molar-refractivity contribution is 6.30. The molecule has 3 rings (SSSR count). The molecule has 2 aromatic carbocycles. The van der Waals surface area contributed by atoms with E-state index in [1.54, 1.807) is 13.0 Å². The number of ketones is 1. The zero-order chi connectivity index (χ0) is 13.4. The third kappa shape index (κ3) is 2.24. The molecule has 0 N–H and O–H groups in total. The first-order valence-electron chi connectivity index (χ1n) is 6.21. The maximum atomic E-state index is 11.5. The summed E-state index contributed by atoms with van der Waals surface area (Å²) in [4.78, 5) is 11.5. The van der Waals surface area contributed by atoms with Crippen molar-refractivity contribution in [2.45, 2.75) is 19.3 Å². The Labute approximate surface area is 117 Å². The molecule has 0 saturated heterocycles. The molecule has 0 aliphatic carbocycles. The van der Waals surface area contributed by atoms with Crippen LogP contribution in [-0.2, 0) is 4.79 Å². The lowest BCUT2D eigenvalue weighted by Gasteiger charge is -2.27. The van der Waals surface area contributed by atoms with Crippen LogP contribution in [0.2, 0.25) is 5.02 Å². The van der Waals surface area contributed by atoms with Crippen LogP contribution in [-0.4, -0.2) is 5.78 Å². The van der Waals surface area contributed by atoms with Crippen LogP contribution in [0.1, 0.15) is 30.4 Å². The van der Waals surface area contributed by atoms with Crippen molar-refractivity contribution in [3.8, 4) is 11.5 Å². The fourth-order valence-corrected chi connectivity index (χ4v) is 2.72. The van der Waals surface area contributed by atoms with Gasteiger partial charge in [0.05, 0.1) is 0 Å². The zero-order valence-electron chi connectivity index (χ0n) is 10.5. The third-order valence-electron chi connectivity index (χ3n) is 3.35. The molecule has 0 fully saturated rings. The summed E-state index contributed by atoms with van der Waals surface area (Å²) in [6.45, 7) is 1.61. The van der Waals surface area contributed by atoms with Gasteiger partial charge in [0, 0.05) is 28.5 Å². The number of hydrogen-bond acceptors (Lipinski definition) is 2. The van der Waals surface area contributed by atoms with E-state index in [2.05, 4.69) is 0 Å². The van der Waals surface area contributed by atoms with E-state index >= 15 is 0 Å². The van der Waals surface area contributed by atoms with E-state index in [9.17, 15) is 4.79 Å². The minimum absolute atomic E-state index is 0.0242. The standard InChI is InChI=1S/C16H13ClO2/c1-10(18)8-13-12-4-2-3-5-15(12)19-16-7-6-11(17)9-14(13)16/h2-7,9,13H,8H2,1H3. The van der Waals surface area contributed by atoms with Crippen LogP contribution >= 0.6 is 11.6 Å². The average Bonchev–Trinajstić information content (AvgIpc) is 2.39. The van der Waals surface area contributed by atoms with Crippen LogP contribution in [0.3, 0.4) is 0 Å². The molecule has 2 aromatic rings. The Morgan fingerprint density at radius 3 is 2.68 bits per heavy atom. The van der Waals surface area contributed by atoms with Crippen molar-refractivity contribution < 1.29 is 9.53 Å². The van der Waals surface area contributed by atoms with Crippen LogP contribution in [0.4, 0.5) is 0 Å². The number of benzene rings is 2. The first kappa shape index (κ1) is 12.2. The van der Waals surface area contributed by atoms with E-state index in [4.69, 9.17) is 16.3 Å². The summed E-state index contributed by atoms with van der Waals surface area (Å²) in [6, 6.07) is 13.4. The molecule has 0 bridgehead atoms. The van der Waals surface area contributed by atoms with Gasteiger partial charge in [0.2, 0.25) is 0 Å². The van der Waals surface area contributed by atoms with Crippen molar-refractivity contribution in [2.24, 2.45) is 0 Å². The lowest BCUT2D eigenvalue weighted by atomic mass is 9.84. The highest BCUT2D eigenvalue weighted by Crippen LogP contribution is 2.46. The molecular formula is C16H13ClO2. The second-order valence-corrected chi connectivity index (χ2v) is 5.22. The predicted molar refractivity (Wildman–Crippen MR) is 75.1 cm³/mol. The minimum Gasteiger partial charge on any atom is -0.457 e. The fourth-order valence-electron chi connectivity index (χ4n) is 2.54. The number of fused-ring (bicyclic) bond motifs is 2. The Morgan fingerprint density at radius 1 is 1.16 bits per heavy atom. The van der Waals surface area contributed by atoms with Gasteiger partial charge in [-0.3, -0.25) is 4.79 Å². The molecule has 1 aliphatic heterocycles. The van der Waals surface area contributed by atoms with Crippen molar-refractivity contribution in [1.29, 1.82) is 0 Å². The molecule has 1 heterocycles. The molecular weight excluding hydrogens is 260 g/mol. The molecule has 1 atom stereocenters. The van der Waals surface area contributed by atoms with E-state index < -0.39 is 0 Å². The number of Topliss-reactive ketones (excluding diaryl/α,β-unsaturated/α-hetero) is 1. The molecule has 0 saturated carbocycles. The van der Waals surface area contributed by atoms with Gasteiger partial charge in [0.25, 0.3) is 0 Å². The van der Waals surface area contributed by atoms with Crippen molar-refractivity contribution in [3.63, 3.8) is 0 Å². The van der Waals surface area contributed by atoms with Crippen molar-refractivity contribution >= 4 is 17.4 Å². The van der Waals surface area contributed by atoms with Crippen molar-refractivity contribution in [1.82, 2.24) is 0 Å². The first-order chi connectivity index (χ1) is 9.15. The van der Waals surface area contributed by atoms with E-state index in [0.29, 0.717) is 11.4 Å². The lowest BCUT2D eigenvalue weighted by molar-refractivity contribution is -0.117. The minimum atomic E-state index is 0.0242. The quantitative estimate of drug-likeness (QED) is 0.801. The number of carbonyl (C=O) groups excluding carboxylic acids is 1. The van der Waals surface area contributed by atoms with Gasteiger partial charge >= 0.3 is 0 Å². The van der Waals surface area contributed by atoms with Crippen molar-refractivity contribution in [3.05, 3.63) is 58.6 Å². The Morgan fingerprint density at radius 2 is 1.89 bits per heavy atom. The zero-order valence-corrected chi connectivity index (χ0v) is 11.3. The number of hydrogen-bond donors (Lipinski definition) is 0. The largest absolute Gasteiger partial charge is 0.457 e. The molecule has 96 valence electrons. The molecule has 2 nitrogen and oxygen atoms in total. The van der Waals surface area contributed by atoms with Gasteiger partial charge < -0.3 is 4.74 Å². The number of para-hydroxylation sites is 1. The van der Waals surface area contributed by atoms with E-state index in [0.717, 1.165) is 22.6 Å². The second-order valence-electron chi connectivity index (χ2n) is 4.78. The summed E-state index contributed by atoms with van der Waals surface area (Å²) < 4.78 is 5.87. The molecule has 19 heavy (non-hydrogen) atoms. The number of rotatable bonds is 2. The van der Waals surface area contributed by atoms with Crippen molar-refractivity contribution in [2.75, 3.05) is 0 Å². The molecule has 0 spiro atoms. The molecule has 0 radical (unpaired) electrons. The van der Waals surface area contributed by atoms with Crippen LogP contribution < -0.4 is 4.74 Å². The lowest BCUT2D eigenvalue weighted by Crippen LogP contribution is -2.13. The summed E-state index contributed by atoms with van der Waals surface area (Å²) in [5.74, 6) is 1.79. The maximum Gasteiger partial charge on any atom is 0.131 e. The predicted octanol–water partition coefficient (Wildman–Crippen LogP) is 4.56. The van der Waals surface area contributed by atoms with Gasteiger partial charge in [-0.25, -0.2) is 0 Å². The van der Waals surface area contributed by atoms with E-state index in [-0.39, 0.29) is 11.7 Å². The van der Waals surface area contributed by atoms with Gasteiger partial charge in [0.15, 0.2) is 0 Å². The highest BCUT2D eigenvalue weighted by Gasteiger charge is 2.28. The monoisotopic (exact) mass is 272 g/mol. The Kier molecular flexibility index (Phi) is 3.03. The number of ether oxygens (including phenoxy) is 1. The molecule has 0 amide bonds. The van der Waals surface area contributed by atoms with E-state index in [1.807, 2.05) is 36.4 Å². The normalized spacial score (nSPS) is 16.2.